The molecule has 0 amide bonds. The first-order valence-electron chi connectivity index (χ1n) is 7.32. The van der Waals surface area contributed by atoms with E-state index in [1.165, 1.54) is 7.11 Å². The predicted molar refractivity (Wildman–Crippen MR) is 95.8 cm³/mol. The average molecular weight is 358 g/mol. The van der Waals surface area contributed by atoms with Crippen molar-refractivity contribution >= 4 is 29.2 Å². The minimum atomic E-state index is -0.574. The number of carbonyl (C=O) groups excluding carboxylic acids is 1. The minimum absolute atomic E-state index is 0.253. The second-order valence-corrected chi connectivity index (χ2v) is 5.16. The summed E-state index contributed by atoms with van der Waals surface area (Å²) in [5.74, 6) is 0.410. The number of esters is 1. The average Bonchev–Trinajstić information content (AvgIpc) is 2.66. The van der Waals surface area contributed by atoms with Crippen LogP contribution in [0.25, 0.3) is 11.6 Å². The molecule has 0 heterocycles. The number of ether oxygens (including phenoxy) is 3. The Morgan fingerprint density at radius 3 is 2.48 bits per heavy atom. The van der Waals surface area contributed by atoms with Crippen LogP contribution >= 0.6 is 11.6 Å². The summed E-state index contributed by atoms with van der Waals surface area (Å²) in [7, 11) is 3.02. The van der Waals surface area contributed by atoms with E-state index in [1.54, 1.807) is 37.5 Å². The molecule has 0 aliphatic carbocycles. The number of hydrogen-bond donors (Lipinski definition) is 0. The third-order valence-electron chi connectivity index (χ3n) is 3.35. The number of rotatable bonds is 6. The molecule has 0 unspecified atom stereocenters. The molecule has 0 bridgehead atoms. The van der Waals surface area contributed by atoms with Crippen LogP contribution < -0.4 is 14.2 Å². The van der Waals surface area contributed by atoms with Crippen LogP contribution in [0, 0.1) is 11.3 Å². The molecule has 0 radical (unpaired) electrons. The van der Waals surface area contributed by atoms with Gasteiger partial charge in [-0.1, -0.05) is 18.2 Å². The van der Waals surface area contributed by atoms with Crippen LogP contribution in [0.1, 0.15) is 11.1 Å². The zero-order valence-electron chi connectivity index (χ0n) is 13.8. The van der Waals surface area contributed by atoms with Crippen molar-refractivity contribution in [2.45, 2.75) is 0 Å². The molecule has 0 atom stereocenters. The van der Waals surface area contributed by atoms with E-state index in [9.17, 15) is 10.1 Å². The number of halogens is 1. The highest BCUT2D eigenvalue weighted by atomic mass is 35.5. The van der Waals surface area contributed by atoms with Gasteiger partial charge in [0, 0.05) is 5.56 Å². The Morgan fingerprint density at radius 1 is 1.12 bits per heavy atom. The van der Waals surface area contributed by atoms with E-state index < -0.39 is 5.97 Å². The van der Waals surface area contributed by atoms with E-state index in [4.69, 9.17) is 25.8 Å². The van der Waals surface area contributed by atoms with Gasteiger partial charge in [-0.25, -0.2) is 0 Å². The zero-order valence-corrected chi connectivity index (χ0v) is 14.5. The number of para-hydroxylation sites is 1. The standard InChI is InChI=1S/C19H16ClNO4/c1-23-16-6-4-3-5-15(16)14(12-21)9-13-7-8-17(18(10-13)24-2)25-19(22)11-20/h3-10H,11H2,1-2H3/b14-9-. The maximum Gasteiger partial charge on any atom is 0.326 e. The van der Waals surface area contributed by atoms with E-state index in [1.807, 2.05) is 18.2 Å². The molecular weight excluding hydrogens is 342 g/mol. The van der Waals surface area contributed by atoms with Gasteiger partial charge in [0.25, 0.3) is 0 Å². The number of methoxy groups -OCH3 is 2. The monoisotopic (exact) mass is 357 g/mol. The molecule has 5 nitrogen and oxygen atoms in total. The summed E-state index contributed by atoms with van der Waals surface area (Å²) < 4.78 is 15.6. The fourth-order valence-electron chi connectivity index (χ4n) is 2.21. The molecule has 2 rings (SSSR count). The van der Waals surface area contributed by atoms with Crippen molar-refractivity contribution in [1.29, 1.82) is 5.26 Å². The Balaban J connectivity index is 2.41. The van der Waals surface area contributed by atoms with Crippen LogP contribution in [0.4, 0.5) is 0 Å². The molecule has 25 heavy (non-hydrogen) atoms. The van der Waals surface area contributed by atoms with Crippen molar-refractivity contribution in [3.63, 3.8) is 0 Å². The van der Waals surface area contributed by atoms with Gasteiger partial charge in [-0.2, -0.15) is 5.26 Å². The van der Waals surface area contributed by atoms with Crippen LogP contribution in [0.3, 0.4) is 0 Å². The summed E-state index contributed by atoms with van der Waals surface area (Å²) in [4.78, 5) is 11.3. The quantitative estimate of drug-likeness (QED) is 0.258. The Morgan fingerprint density at radius 2 is 1.84 bits per heavy atom. The number of alkyl halides is 1. The summed E-state index contributed by atoms with van der Waals surface area (Å²) in [6.45, 7) is 0. The molecule has 0 aliphatic rings. The lowest BCUT2D eigenvalue weighted by Crippen LogP contribution is -2.09. The molecular formula is C19H16ClNO4. The summed E-state index contributed by atoms with van der Waals surface area (Å²) >= 11 is 5.44. The lowest BCUT2D eigenvalue weighted by Gasteiger charge is -2.10. The summed E-state index contributed by atoms with van der Waals surface area (Å²) in [5.41, 5.74) is 1.83. The van der Waals surface area contributed by atoms with E-state index in [0.29, 0.717) is 28.2 Å². The van der Waals surface area contributed by atoms with Gasteiger partial charge in [0.05, 0.1) is 25.9 Å². The highest BCUT2D eigenvalue weighted by molar-refractivity contribution is 6.26. The zero-order chi connectivity index (χ0) is 18.2. The van der Waals surface area contributed by atoms with Crippen LogP contribution in [0.5, 0.6) is 17.2 Å². The molecule has 0 aromatic heterocycles. The van der Waals surface area contributed by atoms with Crippen LogP contribution in [0.15, 0.2) is 42.5 Å². The fourth-order valence-corrected chi connectivity index (χ4v) is 2.27. The SMILES string of the molecule is COc1cc(/C=C(/C#N)c2ccccc2OC)ccc1OC(=O)CCl. The lowest BCUT2D eigenvalue weighted by molar-refractivity contribution is -0.131. The molecule has 0 N–H and O–H groups in total. The first-order valence-corrected chi connectivity index (χ1v) is 7.86. The first kappa shape index (κ1) is 18.4. The summed E-state index contributed by atoms with van der Waals surface area (Å²) in [6, 6.07) is 14.4. The Bertz CT molecular complexity index is 840. The van der Waals surface area contributed by atoms with Gasteiger partial charge in [-0.15, -0.1) is 11.6 Å². The minimum Gasteiger partial charge on any atom is -0.496 e. The van der Waals surface area contributed by atoms with Crippen molar-refractivity contribution in [3.8, 4) is 23.3 Å². The van der Waals surface area contributed by atoms with Gasteiger partial charge >= 0.3 is 5.97 Å². The molecule has 0 spiro atoms. The van der Waals surface area contributed by atoms with E-state index in [0.717, 1.165) is 0 Å². The molecule has 2 aromatic carbocycles. The number of allylic oxidation sites excluding steroid dienone is 1. The molecule has 0 aliphatic heterocycles. The molecule has 128 valence electrons. The van der Waals surface area contributed by atoms with Crippen molar-refractivity contribution < 1.29 is 19.0 Å². The Kier molecular flexibility index (Phi) is 6.44. The highest BCUT2D eigenvalue weighted by Crippen LogP contribution is 2.31. The maximum atomic E-state index is 11.3. The van der Waals surface area contributed by atoms with Gasteiger partial charge in [0.15, 0.2) is 11.5 Å². The van der Waals surface area contributed by atoms with E-state index in [-0.39, 0.29) is 11.6 Å². The number of benzene rings is 2. The third-order valence-corrected chi connectivity index (χ3v) is 3.57. The maximum absolute atomic E-state index is 11.3. The first-order chi connectivity index (χ1) is 12.1. The molecule has 2 aromatic rings. The molecule has 6 heteroatoms. The lowest BCUT2D eigenvalue weighted by atomic mass is 10.0. The molecule has 0 saturated heterocycles. The predicted octanol–water partition coefficient (Wildman–Crippen LogP) is 3.91. The largest absolute Gasteiger partial charge is 0.496 e. The van der Waals surface area contributed by atoms with Crippen molar-refractivity contribution in [1.82, 2.24) is 0 Å². The number of nitrogens with zero attached hydrogens (tertiary/aromatic N) is 1. The Labute approximate surface area is 151 Å². The van der Waals surface area contributed by atoms with E-state index >= 15 is 0 Å². The smallest absolute Gasteiger partial charge is 0.326 e. The number of carbonyl (C=O) groups is 1. The van der Waals surface area contributed by atoms with Gasteiger partial charge in [-0.05, 0) is 35.9 Å². The van der Waals surface area contributed by atoms with Gasteiger partial charge < -0.3 is 14.2 Å². The molecule has 0 saturated carbocycles. The Hall–Kier alpha value is -2.97. The van der Waals surface area contributed by atoms with Gasteiger partial charge in [0.2, 0.25) is 0 Å². The molecule has 0 fully saturated rings. The normalized spacial score (nSPS) is 10.7. The fraction of sp³-hybridized carbons (Fsp3) is 0.158. The number of nitriles is 1. The van der Waals surface area contributed by atoms with Crippen molar-refractivity contribution in [3.05, 3.63) is 53.6 Å². The topological polar surface area (TPSA) is 68.6 Å². The van der Waals surface area contributed by atoms with Crippen LogP contribution in [-0.4, -0.2) is 26.1 Å². The highest BCUT2D eigenvalue weighted by Gasteiger charge is 2.11. The van der Waals surface area contributed by atoms with Gasteiger partial charge in [0.1, 0.15) is 11.6 Å². The third kappa shape index (κ3) is 4.52. The summed E-state index contributed by atoms with van der Waals surface area (Å²) in [5, 5.41) is 9.50. The second kappa shape index (κ2) is 8.76. The van der Waals surface area contributed by atoms with Crippen LogP contribution in [-0.2, 0) is 4.79 Å². The van der Waals surface area contributed by atoms with Crippen LogP contribution in [0.2, 0.25) is 0 Å². The van der Waals surface area contributed by atoms with E-state index in [2.05, 4.69) is 6.07 Å². The van der Waals surface area contributed by atoms with Crippen molar-refractivity contribution in [2.75, 3.05) is 20.1 Å². The second-order valence-electron chi connectivity index (χ2n) is 4.89. The number of hydrogen-bond acceptors (Lipinski definition) is 5. The van der Waals surface area contributed by atoms with Crippen molar-refractivity contribution in [2.24, 2.45) is 0 Å². The van der Waals surface area contributed by atoms with Gasteiger partial charge in [-0.3, -0.25) is 4.79 Å². The summed E-state index contributed by atoms with van der Waals surface area (Å²) in [6.07, 6.45) is 1.70.